The highest BCUT2D eigenvalue weighted by molar-refractivity contribution is 5.20. The van der Waals surface area contributed by atoms with Gasteiger partial charge in [-0.3, -0.25) is 0 Å². The van der Waals surface area contributed by atoms with Crippen LogP contribution in [0.3, 0.4) is 0 Å². The van der Waals surface area contributed by atoms with Gasteiger partial charge in [0.05, 0.1) is 5.60 Å². The van der Waals surface area contributed by atoms with Crippen LogP contribution in [-0.2, 0) is 5.60 Å². The molecule has 0 aliphatic carbocycles. The van der Waals surface area contributed by atoms with Crippen LogP contribution in [0.1, 0.15) is 19.4 Å². The SMILES string of the molecule is CC(C)(O)c1ccccc1.CNC. The Morgan fingerprint density at radius 2 is 1.46 bits per heavy atom. The van der Waals surface area contributed by atoms with Gasteiger partial charge in [-0.25, -0.2) is 0 Å². The van der Waals surface area contributed by atoms with E-state index in [0.29, 0.717) is 0 Å². The maximum Gasteiger partial charge on any atom is 0.0840 e. The van der Waals surface area contributed by atoms with Crippen LogP contribution in [-0.4, -0.2) is 19.2 Å². The number of benzene rings is 1. The zero-order chi connectivity index (χ0) is 10.3. The van der Waals surface area contributed by atoms with E-state index in [2.05, 4.69) is 5.32 Å². The first-order chi connectivity index (χ1) is 6.02. The quantitative estimate of drug-likeness (QED) is 0.692. The average molecular weight is 181 g/mol. The van der Waals surface area contributed by atoms with Gasteiger partial charge < -0.3 is 10.4 Å². The van der Waals surface area contributed by atoms with Gasteiger partial charge in [0.1, 0.15) is 0 Å². The summed E-state index contributed by atoms with van der Waals surface area (Å²) < 4.78 is 0. The number of rotatable bonds is 1. The van der Waals surface area contributed by atoms with E-state index in [1.165, 1.54) is 0 Å². The fraction of sp³-hybridized carbons (Fsp3) is 0.455. The molecule has 2 heteroatoms. The summed E-state index contributed by atoms with van der Waals surface area (Å²) >= 11 is 0. The molecule has 0 heterocycles. The predicted molar refractivity (Wildman–Crippen MR) is 56.7 cm³/mol. The molecule has 2 nitrogen and oxygen atoms in total. The summed E-state index contributed by atoms with van der Waals surface area (Å²) in [5.74, 6) is 0. The van der Waals surface area contributed by atoms with Crippen molar-refractivity contribution in [2.45, 2.75) is 19.4 Å². The van der Waals surface area contributed by atoms with E-state index in [-0.39, 0.29) is 0 Å². The molecular weight excluding hydrogens is 162 g/mol. The van der Waals surface area contributed by atoms with Crippen molar-refractivity contribution < 1.29 is 5.11 Å². The van der Waals surface area contributed by atoms with Crippen molar-refractivity contribution in [1.29, 1.82) is 0 Å². The largest absolute Gasteiger partial charge is 0.386 e. The third-order valence-corrected chi connectivity index (χ3v) is 1.48. The summed E-state index contributed by atoms with van der Waals surface area (Å²) in [5.41, 5.74) is 0.247. The van der Waals surface area contributed by atoms with Gasteiger partial charge in [0, 0.05) is 0 Å². The Kier molecular flexibility index (Phi) is 5.35. The Balaban J connectivity index is 0.000000424. The molecule has 0 saturated heterocycles. The minimum Gasteiger partial charge on any atom is -0.386 e. The molecule has 0 spiro atoms. The molecule has 0 aliphatic rings. The third kappa shape index (κ3) is 5.39. The standard InChI is InChI=1S/C9H12O.C2H7N/c1-9(2,10)8-6-4-3-5-7-8;1-3-2/h3-7,10H,1-2H3;3H,1-2H3. The molecule has 0 aromatic heterocycles. The maximum atomic E-state index is 9.49. The van der Waals surface area contributed by atoms with Crippen molar-refractivity contribution in [1.82, 2.24) is 5.32 Å². The van der Waals surface area contributed by atoms with E-state index in [9.17, 15) is 5.11 Å². The molecule has 1 rings (SSSR count). The number of aliphatic hydroxyl groups is 1. The normalized spacial score (nSPS) is 10.2. The number of hydrogen-bond acceptors (Lipinski definition) is 2. The highest BCUT2D eigenvalue weighted by Gasteiger charge is 2.13. The van der Waals surface area contributed by atoms with Gasteiger partial charge in [0.15, 0.2) is 0 Å². The maximum absolute atomic E-state index is 9.49. The molecule has 1 aromatic rings. The van der Waals surface area contributed by atoms with Gasteiger partial charge in [0.2, 0.25) is 0 Å². The van der Waals surface area contributed by atoms with E-state index < -0.39 is 5.60 Å². The molecule has 74 valence electrons. The topological polar surface area (TPSA) is 32.3 Å². The lowest BCUT2D eigenvalue weighted by atomic mass is 9.99. The highest BCUT2D eigenvalue weighted by atomic mass is 16.3. The van der Waals surface area contributed by atoms with E-state index in [1.807, 2.05) is 44.4 Å². The Hall–Kier alpha value is -0.860. The lowest BCUT2D eigenvalue weighted by Crippen LogP contribution is -2.14. The van der Waals surface area contributed by atoms with Crippen molar-refractivity contribution >= 4 is 0 Å². The first kappa shape index (κ1) is 12.1. The molecular formula is C11H19NO. The molecule has 0 saturated carbocycles. The van der Waals surface area contributed by atoms with Gasteiger partial charge >= 0.3 is 0 Å². The molecule has 0 radical (unpaired) electrons. The summed E-state index contributed by atoms with van der Waals surface area (Å²) in [4.78, 5) is 0. The zero-order valence-electron chi connectivity index (χ0n) is 8.83. The van der Waals surface area contributed by atoms with Crippen LogP contribution in [0.4, 0.5) is 0 Å². The van der Waals surface area contributed by atoms with E-state index in [0.717, 1.165) is 5.56 Å². The van der Waals surface area contributed by atoms with Crippen LogP contribution in [0.2, 0.25) is 0 Å². The van der Waals surface area contributed by atoms with Gasteiger partial charge in [-0.05, 0) is 33.5 Å². The predicted octanol–water partition coefficient (Wildman–Crippen LogP) is 1.75. The van der Waals surface area contributed by atoms with Crippen molar-refractivity contribution in [3.63, 3.8) is 0 Å². The molecule has 0 aliphatic heterocycles. The summed E-state index contributed by atoms with van der Waals surface area (Å²) in [6, 6.07) is 9.62. The van der Waals surface area contributed by atoms with Gasteiger partial charge in [-0.15, -0.1) is 0 Å². The molecule has 0 unspecified atom stereocenters. The second-order valence-corrected chi connectivity index (χ2v) is 3.43. The Labute approximate surface area is 80.6 Å². The van der Waals surface area contributed by atoms with Crippen LogP contribution in [0.15, 0.2) is 30.3 Å². The minimum atomic E-state index is -0.707. The van der Waals surface area contributed by atoms with Crippen LogP contribution in [0.5, 0.6) is 0 Å². The second kappa shape index (κ2) is 5.73. The van der Waals surface area contributed by atoms with Crippen LogP contribution in [0, 0.1) is 0 Å². The highest BCUT2D eigenvalue weighted by Crippen LogP contribution is 2.17. The van der Waals surface area contributed by atoms with E-state index in [4.69, 9.17) is 0 Å². The van der Waals surface area contributed by atoms with Gasteiger partial charge in [-0.1, -0.05) is 30.3 Å². The molecule has 0 bridgehead atoms. The van der Waals surface area contributed by atoms with Gasteiger partial charge in [0.25, 0.3) is 0 Å². The monoisotopic (exact) mass is 181 g/mol. The Morgan fingerprint density at radius 1 is 1.08 bits per heavy atom. The number of nitrogens with one attached hydrogen (secondary N) is 1. The minimum absolute atomic E-state index is 0.707. The lowest BCUT2D eigenvalue weighted by Gasteiger charge is -2.16. The molecule has 13 heavy (non-hydrogen) atoms. The average Bonchev–Trinajstić information content (AvgIpc) is 2.06. The van der Waals surface area contributed by atoms with Crippen LogP contribution in [0.25, 0.3) is 0 Å². The molecule has 2 N–H and O–H groups in total. The molecule has 0 fully saturated rings. The Bertz CT molecular complexity index is 213. The zero-order valence-corrected chi connectivity index (χ0v) is 8.83. The third-order valence-electron chi connectivity index (χ3n) is 1.48. The van der Waals surface area contributed by atoms with Crippen LogP contribution < -0.4 is 5.32 Å². The van der Waals surface area contributed by atoms with Gasteiger partial charge in [-0.2, -0.15) is 0 Å². The Morgan fingerprint density at radius 3 is 1.69 bits per heavy atom. The summed E-state index contributed by atoms with van der Waals surface area (Å²) in [6.45, 7) is 3.56. The smallest absolute Gasteiger partial charge is 0.0840 e. The summed E-state index contributed by atoms with van der Waals surface area (Å²) in [5, 5.41) is 12.2. The summed E-state index contributed by atoms with van der Waals surface area (Å²) in [6.07, 6.45) is 0. The molecule has 1 aromatic carbocycles. The lowest BCUT2D eigenvalue weighted by molar-refractivity contribution is 0.0786. The first-order valence-corrected chi connectivity index (χ1v) is 4.38. The van der Waals surface area contributed by atoms with Crippen molar-refractivity contribution in [3.8, 4) is 0 Å². The van der Waals surface area contributed by atoms with Crippen molar-refractivity contribution in [3.05, 3.63) is 35.9 Å². The van der Waals surface area contributed by atoms with E-state index >= 15 is 0 Å². The van der Waals surface area contributed by atoms with Crippen molar-refractivity contribution in [2.75, 3.05) is 14.1 Å². The second-order valence-electron chi connectivity index (χ2n) is 3.43. The van der Waals surface area contributed by atoms with E-state index in [1.54, 1.807) is 13.8 Å². The number of hydrogen-bond donors (Lipinski definition) is 2. The fourth-order valence-corrected chi connectivity index (χ4v) is 0.846. The molecule has 0 atom stereocenters. The summed E-state index contributed by atoms with van der Waals surface area (Å²) in [7, 11) is 3.75. The fourth-order valence-electron chi connectivity index (χ4n) is 0.846. The van der Waals surface area contributed by atoms with Crippen molar-refractivity contribution in [2.24, 2.45) is 0 Å². The molecule has 0 amide bonds. The van der Waals surface area contributed by atoms with Crippen LogP contribution >= 0.6 is 0 Å². The first-order valence-electron chi connectivity index (χ1n) is 4.38.